The van der Waals surface area contributed by atoms with Gasteiger partial charge in [-0.05, 0) is 130 Å². The molecule has 2 nitrogen and oxygen atoms in total. The molecular weight excluding hydrogens is 657 g/mol. The molecule has 4 rings (SSSR count). The topological polar surface area (TPSA) is 29.5 Å². The molecule has 3 aliphatic carbocycles. The second-order valence-corrected chi connectivity index (χ2v) is 12.6. The van der Waals surface area contributed by atoms with Gasteiger partial charge in [0.05, 0.1) is 0 Å². The fraction of sp³-hybridized carbons (Fsp3) is 0.632. The van der Waals surface area contributed by atoms with E-state index in [9.17, 15) is 0 Å². The van der Waals surface area contributed by atoms with Gasteiger partial charge in [0, 0.05) is 62.1 Å². The van der Waals surface area contributed by atoms with Crippen LogP contribution in [0.5, 0.6) is 0 Å². The molecule has 0 aromatic carbocycles. The summed E-state index contributed by atoms with van der Waals surface area (Å²) in [6.07, 6.45) is 5.76. The average Bonchev–Trinajstić information content (AvgIpc) is 3.66. The molecule has 11 radical (unpaired) electrons. The first-order valence-electron chi connectivity index (χ1n) is 15.5. The zero-order valence-electron chi connectivity index (χ0n) is 29.3. The summed E-state index contributed by atoms with van der Waals surface area (Å²) in [6.45, 7) is 35.6. The standard InChI is InChI=1S/C14H24O.2C10H15.C4H8O.Tm/c1-10-11(2)13(4)14(5,12(10)3)8-6-7-9-15;2*1-6-7(2)9(4)10(5)8(6)3;1-2-4-5-3-1;/h15H,6-9H2,1-5H3;2*1-5H3;1-4H2;. The molecule has 4 aliphatic rings. The van der Waals surface area contributed by atoms with Crippen molar-refractivity contribution >= 4 is 0 Å². The molecule has 1 aliphatic heterocycles. The molecule has 1 heterocycles. The van der Waals surface area contributed by atoms with Gasteiger partial charge in [-0.25, -0.2) is 0 Å². The minimum Gasteiger partial charge on any atom is -0.396 e. The molecule has 0 atom stereocenters. The van der Waals surface area contributed by atoms with E-state index in [0.29, 0.717) is 6.61 Å². The van der Waals surface area contributed by atoms with Gasteiger partial charge in [-0.2, -0.15) is 0 Å². The van der Waals surface area contributed by atoms with Crippen molar-refractivity contribution in [3.8, 4) is 0 Å². The number of hydrogen-bond donors (Lipinski definition) is 1. The predicted octanol–water partition coefficient (Wildman–Crippen LogP) is 10.6. The van der Waals surface area contributed by atoms with Gasteiger partial charge in [-0.3, -0.25) is 0 Å². The number of ether oxygens (including phenoxy) is 1. The first kappa shape index (κ1) is 41.6. The first-order chi connectivity index (χ1) is 18.6. The summed E-state index contributed by atoms with van der Waals surface area (Å²) in [5.74, 6) is 14.7. The van der Waals surface area contributed by atoms with Crippen LogP contribution >= 0.6 is 0 Å². The van der Waals surface area contributed by atoms with E-state index in [0.717, 1.165) is 26.1 Å². The second-order valence-electron chi connectivity index (χ2n) is 12.6. The van der Waals surface area contributed by atoms with Crippen LogP contribution in [0, 0.1) is 101 Å². The molecule has 3 heteroatoms. The zero-order valence-corrected chi connectivity index (χ0v) is 31.1. The normalized spacial score (nSPS) is 24.3. The van der Waals surface area contributed by atoms with E-state index < -0.39 is 0 Å². The number of unbranched alkanes of at least 4 members (excludes halogenated alkanes) is 1. The van der Waals surface area contributed by atoms with Crippen LogP contribution in [0.3, 0.4) is 0 Å². The van der Waals surface area contributed by atoms with Crippen molar-refractivity contribution in [2.75, 3.05) is 19.8 Å². The van der Waals surface area contributed by atoms with Gasteiger partial charge in [0.2, 0.25) is 0 Å². The third kappa shape index (κ3) is 10.6. The summed E-state index contributed by atoms with van der Waals surface area (Å²) in [6, 6.07) is 0. The summed E-state index contributed by atoms with van der Waals surface area (Å²) in [7, 11) is 0. The molecule has 2 saturated carbocycles. The molecule has 0 aromatic heterocycles. The monoisotopic (exact) mass is 719 g/mol. The quantitative estimate of drug-likeness (QED) is 0.293. The largest absolute Gasteiger partial charge is 0.396 e. The molecule has 0 amide bonds. The van der Waals surface area contributed by atoms with E-state index in [1.807, 2.05) is 0 Å². The van der Waals surface area contributed by atoms with E-state index in [1.165, 1.54) is 101 Å². The van der Waals surface area contributed by atoms with Gasteiger partial charge in [0.25, 0.3) is 0 Å². The summed E-state index contributed by atoms with van der Waals surface area (Å²) in [5, 5.41) is 8.84. The second kappa shape index (κ2) is 19.2. The SMILES string of the molecule is C1CCOC1.CC1=C(C)C(C)(CCCCO)C(C)=C1C.C[C]1[C](C)[C](C)[C](C)[C]1C.C[C]1[C](C)[C](C)[C](C)[C]1C.[Tm]. The van der Waals surface area contributed by atoms with Crippen LogP contribution in [0.4, 0.5) is 0 Å². The molecule has 0 spiro atoms. The Morgan fingerprint density at radius 2 is 0.780 bits per heavy atom. The fourth-order valence-electron chi connectivity index (χ4n) is 5.96. The summed E-state index contributed by atoms with van der Waals surface area (Å²) in [4.78, 5) is 0. The Labute approximate surface area is 287 Å². The van der Waals surface area contributed by atoms with E-state index in [2.05, 4.69) is 104 Å². The van der Waals surface area contributed by atoms with Crippen molar-refractivity contribution in [2.45, 2.75) is 136 Å². The number of allylic oxidation sites excluding steroid dienone is 4. The number of hydrogen-bond acceptors (Lipinski definition) is 2. The van der Waals surface area contributed by atoms with E-state index in [1.54, 1.807) is 0 Å². The molecule has 0 bridgehead atoms. The van der Waals surface area contributed by atoms with Crippen molar-refractivity contribution in [3.05, 3.63) is 81.5 Å². The molecule has 1 N–H and O–H groups in total. The van der Waals surface area contributed by atoms with Crippen molar-refractivity contribution in [1.29, 1.82) is 0 Å². The maximum absolute atomic E-state index is 8.84. The Morgan fingerprint density at radius 3 is 0.976 bits per heavy atom. The molecule has 1 saturated heterocycles. The van der Waals surface area contributed by atoms with Crippen LogP contribution in [0.2, 0.25) is 0 Å². The first-order valence-corrected chi connectivity index (χ1v) is 15.5. The van der Waals surface area contributed by atoms with Crippen LogP contribution in [0.1, 0.15) is 136 Å². The van der Waals surface area contributed by atoms with Crippen LogP contribution in [-0.2, 0) is 4.74 Å². The molecule has 3 fully saturated rings. The van der Waals surface area contributed by atoms with Crippen molar-refractivity contribution in [1.82, 2.24) is 0 Å². The average molecular weight is 720 g/mol. The third-order valence-electron chi connectivity index (χ3n) is 10.9. The number of rotatable bonds is 4. The zero-order chi connectivity index (χ0) is 30.9. The van der Waals surface area contributed by atoms with Gasteiger partial charge in [0.1, 0.15) is 0 Å². The van der Waals surface area contributed by atoms with Gasteiger partial charge in [0.15, 0.2) is 0 Å². The molecule has 0 unspecified atom stereocenters. The van der Waals surface area contributed by atoms with Crippen molar-refractivity contribution in [2.24, 2.45) is 5.41 Å². The summed E-state index contributed by atoms with van der Waals surface area (Å²) in [5.41, 5.74) is 6.24. The minimum atomic E-state index is 0. The van der Waals surface area contributed by atoms with Crippen LogP contribution in [0.25, 0.3) is 0 Å². The molecular formula is C38H62O2Tm. The van der Waals surface area contributed by atoms with Gasteiger partial charge in [-0.15, -0.1) is 0 Å². The summed E-state index contributed by atoms with van der Waals surface area (Å²) < 4.78 is 4.94. The maximum Gasteiger partial charge on any atom is 0.0466 e. The van der Waals surface area contributed by atoms with E-state index in [-0.39, 0.29) is 42.3 Å². The van der Waals surface area contributed by atoms with Crippen LogP contribution < -0.4 is 0 Å². The van der Waals surface area contributed by atoms with Gasteiger partial charge >= 0.3 is 0 Å². The van der Waals surface area contributed by atoms with Crippen LogP contribution in [0.15, 0.2) is 22.3 Å². The molecule has 239 valence electrons. The summed E-state index contributed by atoms with van der Waals surface area (Å²) >= 11 is 0. The Bertz CT molecular complexity index is 658. The minimum absolute atomic E-state index is 0. The van der Waals surface area contributed by atoms with Gasteiger partial charge < -0.3 is 9.84 Å². The Balaban J connectivity index is 0.000000544. The maximum atomic E-state index is 8.84. The third-order valence-corrected chi connectivity index (χ3v) is 10.9. The van der Waals surface area contributed by atoms with Crippen LogP contribution in [-0.4, -0.2) is 24.9 Å². The number of aliphatic hydroxyl groups is 1. The Kier molecular flexibility index (Phi) is 19.5. The number of aliphatic hydroxyl groups excluding tert-OH is 1. The fourth-order valence-corrected chi connectivity index (χ4v) is 5.96. The van der Waals surface area contributed by atoms with E-state index in [4.69, 9.17) is 9.84 Å². The molecule has 0 aromatic rings. The van der Waals surface area contributed by atoms with Gasteiger partial charge in [-0.1, -0.05) is 87.3 Å². The van der Waals surface area contributed by atoms with Crippen molar-refractivity contribution in [3.63, 3.8) is 0 Å². The molecule has 41 heavy (non-hydrogen) atoms. The van der Waals surface area contributed by atoms with Crippen molar-refractivity contribution < 1.29 is 46.7 Å². The predicted molar refractivity (Wildman–Crippen MR) is 175 cm³/mol. The Morgan fingerprint density at radius 1 is 0.512 bits per heavy atom. The van der Waals surface area contributed by atoms with E-state index >= 15 is 0 Å². The smallest absolute Gasteiger partial charge is 0.0466 e. The Hall–Kier alpha value is 0.634.